The minimum atomic E-state index is -4.52. The molecule has 3 aromatic rings. The van der Waals surface area contributed by atoms with E-state index in [0.717, 1.165) is 24.7 Å². The molecule has 0 spiro atoms. The van der Waals surface area contributed by atoms with Crippen LogP contribution >= 0.6 is 0 Å². The zero-order chi connectivity index (χ0) is 20.6. The van der Waals surface area contributed by atoms with Gasteiger partial charge in [0.25, 0.3) is 0 Å². The summed E-state index contributed by atoms with van der Waals surface area (Å²) < 4.78 is 43.2. The second-order valence-electron chi connectivity index (χ2n) is 6.96. The zero-order valence-electron chi connectivity index (χ0n) is 16.0. The Balaban J connectivity index is 1.49. The molecule has 0 aliphatic heterocycles. The van der Waals surface area contributed by atoms with Gasteiger partial charge in [0.05, 0.1) is 29.7 Å². The maximum absolute atomic E-state index is 13.1. The Hall–Kier alpha value is -3.11. The third-order valence-electron chi connectivity index (χ3n) is 5.06. The summed E-state index contributed by atoms with van der Waals surface area (Å²) in [5, 5.41) is 14.3. The van der Waals surface area contributed by atoms with Gasteiger partial charge in [-0.2, -0.15) is 28.4 Å². The molecule has 0 atom stereocenters. The SMILES string of the molecule is CCNc1nc(Nc2cnn([C@H]3C[C@@H](n4cccn4)C3)c2C)ncc1C(F)(F)F. The van der Waals surface area contributed by atoms with Crippen molar-refractivity contribution in [1.29, 1.82) is 0 Å². The van der Waals surface area contributed by atoms with Crippen LogP contribution in [0.25, 0.3) is 0 Å². The van der Waals surface area contributed by atoms with Crippen LogP contribution in [0.2, 0.25) is 0 Å². The summed E-state index contributed by atoms with van der Waals surface area (Å²) in [6.07, 6.45) is 3.47. The largest absolute Gasteiger partial charge is 0.421 e. The Morgan fingerprint density at radius 1 is 1.17 bits per heavy atom. The van der Waals surface area contributed by atoms with E-state index in [4.69, 9.17) is 0 Å². The van der Waals surface area contributed by atoms with Crippen LogP contribution < -0.4 is 10.6 Å². The first-order valence-corrected chi connectivity index (χ1v) is 9.35. The van der Waals surface area contributed by atoms with E-state index in [2.05, 4.69) is 30.8 Å². The van der Waals surface area contributed by atoms with E-state index >= 15 is 0 Å². The monoisotopic (exact) mass is 406 g/mol. The fourth-order valence-electron chi connectivity index (χ4n) is 3.46. The lowest BCUT2D eigenvalue weighted by molar-refractivity contribution is -0.137. The molecule has 0 amide bonds. The maximum atomic E-state index is 13.1. The van der Waals surface area contributed by atoms with Gasteiger partial charge in [-0.25, -0.2) is 4.98 Å². The molecule has 1 aliphatic carbocycles. The number of rotatable bonds is 6. The number of hydrogen-bond acceptors (Lipinski definition) is 6. The minimum Gasteiger partial charge on any atom is -0.370 e. The molecule has 1 fully saturated rings. The zero-order valence-corrected chi connectivity index (χ0v) is 16.0. The molecule has 3 heterocycles. The normalized spacial score (nSPS) is 19.1. The van der Waals surface area contributed by atoms with E-state index in [1.54, 1.807) is 19.3 Å². The van der Waals surface area contributed by atoms with Crippen molar-refractivity contribution in [1.82, 2.24) is 29.5 Å². The summed E-state index contributed by atoms with van der Waals surface area (Å²) in [6, 6.07) is 2.52. The standard InChI is InChI=1S/C18H21F3N8/c1-3-22-16-14(18(19,20)21)9-23-17(27-16)26-15-10-25-29(11(15)2)13-7-12(8-13)28-6-4-5-24-28/h4-6,9-10,12-13H,3,7-8H2,1-2H3,(H2,22,23,26,27)/t12-,13+. The third-order valence-corrected chi connectivity index (χ3v) is 5.06. The highest BCUT2D eigenvalue weighted by Crippen LogP contribution is 2.42. The Bertz CT molecular complexity index is 974. The summed E-state index contributed by atoms with van der Waals surface area (Å²) in [6.45, 7) is 3.93. The number of hydrogen-bond donors (Lipinski definition) is 2. The molecular formula is C18H21F3N8. The van der Waals surface area contributed by atoms with Crippen molar-refractivity contribution >= 4 is 17.5 Å². The van der Waals surface area contributed by atoms with Crippen molar-refractivity contribution < 1.29 is 13.2 Å². The fourth-order valence-corrected chi connectivity index (χ4v) is 3.46. The Morgan fingerprint density at radius 2 is 1.97 bits per heavy atom. The first kappa shape index (κ1) is 19.2. The van der Waals surface area contributed by atoms with Crippen LogP contribution in [0.4, 0.5) is 30.6 Å². The maximum Gasteiger partial charge on any atom is 0.421 e. The molecule has 11 heteroatoms. The molecule has 0 aromatic carbocycles. The van der Waals surface area contributed by atoms with E-state index in [-0.39, 0.29) is 17.8 Å². The van der Waals surface area contributed by atoms with Crippen molar-refractivity contribution in [3.63, 3.8) is 0 Å². The molecule has 8 nitrogen and oxygen atoms in total. The van der Waals surface area contributed by atoms with Crippen LogP contribution in [0.5, 0.6) is 0 Å². The van der Waals surface area contributed by atoms with Crippen LogP contribution in [0.1, 0.15) is 43.1 Å². The number of aromatic nitrogens is 6. The van der Waals surface area contributed by atoms with Gasteiger partial charge in [0.2, 0.25) is 5.95 Å². The molecule has 0 radical (unpaired) electrons. The second-order valence-corrected chi connectivity index (χ2v) is 6.96. The first-order valence-electron chi connectivity index (χ1n) is 9.35. The van der Waals surface area contributed by atoms with Crippen LogP contribution in [-0.2, 0) is 6.18 Å². The Labute approximate surface area is 165 Å². The van der Waals surface area contributed by atoms with E-state index in [0.29, 0.717) is 18.3 Å². The lowest BCUT2D eigenvalue weighted by atomic mass is 9.87. The van der Waals surface area contributed by atoms with Crippen molar-refractivity contribution in [2.45, 2.75) is 44.9 Å². The average Bonchev–Trinajstić information content (AvgIpc) is 3.26. The minimum absolute atomic E-state index is 0.0830. The molecule has 2 N–H and O–H groups in total. The van der Waals surface area contributed by atoms with E-state index in [1.165, 1.54) is 0 Å². The third kappa shape index (κ3) is 3.76. The Kier molecular flexibility index (Phi) is 4.89. The number of nitrogens with zero attached hydrogens (tertiary/aromatic N) is 6. The lowest BCUT2D eigenvalue weighted by Gasteiger charge is -2.36. The topological polar surface area (TPSA) is 85.5 Å². The van der Waals surface area contributed by atoms with Crippen molar-refractivity contribution in [3.8, 4) is 0 Å². The average molecular weight is 406 g/mol. The van der Waals surface area contributed by atoms with Crippen LogP contribution in [0.15, 0.2) is 30.9 Å². The summed E-state index contributed by atoms with van der Waals surface area (Å²) in [5.41, 5.74) is 0.647. The van der Waals surface area contributed by atoms with E-state index < -0.39 is 11.7 Å². The highest BCUT2D eigenvalue weighted by Gasteiger charge is 2.36. The highest BCUT2D eigenvalue weighted by molar-refractivity contribution is 5.58. The lowest BCUT2D eigenvalue weighted by Crippen LogP contribution is -2.30. The molecule has 0 unspecified atom stereocenters. The van der Waals surface area contributed by atoms with Crippen LogP contribution in [0, 0.1) is 6.92 Å². The van der Waals surface area contributed by atoms with Crippen molar-refractivity contribution in [3.05, 3.63) is 42.1 Å². The van der Waals surface area contributed by atoms with Gasteiger partial charge < -0.3 is 10.6 Å². The smallest absolute Gasteiger partial charge is 0.370 e. The van der Waals surface area contributed by atoms with Gasteiger partial charge in [-0.15, -0.1) is 0 Å². The molecule has 0 bridgehead atoms. The molecule has 29 heavy (non-hydrogen) atoms. The van der Waals surface area contributed by atoms with Gasteiger partial charge >= 0.3 is 6.18 Å². The van der Waals surface area contributed by atoms with Crippen molar-refractivity contribution in [2.75, 3.05) is 17.2 Å². The van der Waals surface area contributed by atoms with Crippen LogP contribution in [-0.4, -0.2) is 36.1 Å². The predicted molar refractivity (Wildman–Crippen MR) is 101 cm³/mol. The predicted octanol–water partition coefficient (Wildman–Crippen LogP) is 3.95. The summed E-state index contributed by atoms with van der Waals surface area (Å²) in [5.74, 6) is -0.164. The molecule has 154 valence electrons. The number of anilines is 3. The van der Waals surface area contributed by atoms with Gasteiger partial charge in [-0.05, 0) is 32.8 Å². The van der Waals surface area contributed by atoms with Gasteiger partial charge in [-0.1, -0.05) is 0 Å². The van der Waals surface area contributed by atoms with E-state index in [1.807, 2.05) is 28.6 Å². The molecule has 0 saturated heterocycles. The first-order chi connectivity index (χ1) is 13.9. The quantitative estimate of drug-likeness (QED) is 0.645. The highest BCUT2D eigenvalue weighted by atomic mass is 19.4. The van der Waals surface area contributed by atoms with E-state index in [9.17, 15) is 13.2 Å². The molecule has 4 rings (SSSR count). The molecule has 3 aromatic heterocycles. The molecular weight excluding hydrogens is 385 g/mol. The number of halogens is 3. The second kappa shape index (κ2) is 7.37. The summed E-state index contributed by atoms with van der Waals surface area (Å²) in [7, 11) is 0. The number of alkyl halides is 3. The summed E-state index contributed by atoms with van der Waals surface area (Å²) in [4.78, 5) is 7.83. The Morgan fingerprint density at radius 3 is 2.62 bits per heavy atom. The fraction of sp³-hybridized carbons (Fsp3) is 0.444. The molecule has 1 saturated carbocycles. The van der Waals surface area contributed by atoms with Gasteiger partial charge in [0, 0.05) is 25.1 Å². The molecule has 1 aliphatic rings. The van der Waals surface area contributed by atoms with Gasteiger partial charge in [0.1, 0.15) is 11.4 Å². The van der Waals surface area contributed by atoms with Crippen molar-refractivity contribution in [2.24, 2.45) is 0 Å². The number of nitrogens with one attached hydrogen (secondary N) is 2. The van der Waals surface area contributed by atoms with Gasteiger partial charge in [0.15, 0.2) is 0 Å². The summed E-state index contributed by atoms with van der Waals surface area (Å²) >= 11 is 0. The van der Waals surface area contributed by atoms with Gasteiger partial charge in [-0.3, -0.25) is 9.36 Å². The van der Waals surface area contributed by atoms with Crippen LogP contribution in [0.3, 0.4) is 0 Å².